The third-order valence-corrected chi connectivity index (χ3v) is 23.6. The Balaban J connectivity index is 0.000000170. The molecule has 0 spiro atoms. The van der Waals surface area contributed by atoms with Gasteiger partial charge in [-0.2, -0.15) is 0 Å². The predicted molar refractivity (Wildman–Crippen MR) is 467 cm³/mol. The second-order valence-electron chi connectivity index (χ2n) is 26.5. The first kappa shape index (κ1) is 90.9. The first-order valence-corrected chi connectivity index (χ1v) is 41.4. The van der Waals surface area contributed by atoms with Crippen molar-refractivity contribution < 1.29 is 14.3 Å². The second kappa shape index (κ2) is 40.3. The van der Waals surface area contributed by atoms with Crippen LogP contribution < -0.4 is 88.3 Å². The lowest BCUT2D eigenvalue weighted by Gasteiger charge is -2.05. The molecule has 39 heteroatoms. The van der Waals surface area contributed by atoms with Crippen LogP contribution in [0.15, 0.2) is 231 Å². The van der Waals surface area contributed by atoms with Gasteiger partial charge in [-0.15, -0.1) is 0 Å². The lowest BCUT2D eigenvalue weighted by Crippen LogP contribution is -2.32. The molecule has 0 aliphatic rings. The summed E-state index contributed by atoms with van der Waals surface area (Å²) in [6, 6.07) is 48.7. The molecule has 0 fully saturated rings. The van der Waals surface area contributed by atoms with Gasteiger partial charge in [-0.1, -0.05) is 89.1 Å². The molecule has 7 aromatic carbocycles. The molecule has 0 aliphatic heterocycles. The van der Waals surface area contributed by atoms with Crippen LogP contribution in [0.2, 0.25) is 5.02 Å². The van der Waals surface area contributed by atoms with Crippen LogP contribution in [0.3, 0.4) is 0 Å². The van der Waals surface area contributed by atoms with Crippen LogP contribution in [0.25, 0.3) is 39.8 Å². The molecule has 0 radical (unpaired) electrons. The van der Waals surface area contributed by atoms with Gasteiger partial charge in [0, 0.05) is 130 Å². The summed E-state index contributed by atoms with van der Waals surface area (Å²) in [5.41, 5.74) is 7.55. The molecular formula is C78H85ClN14O17S7. The number of benzene rings is 7. The minimum Gasteiger partial charge on any atom is -0.497 e. The molecule has 117 heavy (non-hydrogen) atoms. The maximum atomic E-state index is 12.2. The van der Waals surface area contributed by atoms with E-state index >= 15 is 0 Å². The van der Waals surface area contributed by atoms with Crippen LogP contribution >= 0.6 is 92.3 Å². The van der Waals surface area contributed by atoms with Crippen molar-refractivity contribution in [2.45, 2.75) is 114 Å². The van der Waals surface area contributed by atoms with E-state index in [0.29, 0.717) is 39.3 Å². The Kier molecular flexibility index (Phi) is 31.3. The number of hydrogen-bond acceptors (Lipinski definition) is 24. The lowest BCUT2D eigenvalue weighted by atomic mass is 10.2. The van der Waals surface area contributed by atoms with Crippen molar-refractivity contribution in [2.75, 3.05) is 21.3 Å². The molecule has 14 rings (SSSR count). The topological polar surface area (TPSA) is 336 Å². The molecule has 0 saturated heterocycles. The second-order valence-corrected chi connectivity index (χ2v) is 33.2. The molecule has 7 heterocycles. The third-order valence-electron chi connectivity index (χ3n) is 16.9. The first-order valence-electron chi connectivity index (χ1n) is 35.6. The normalized spacial score (nSPS) is 10.8. The highest BCUT2D eigenvalue weighted by Gasteiger charge is 2.21. The number of para-hydroxylation sites is 3. The van der Waals surface area contributed by atoms with E-state index in [-0.39, 0.29) is 87.5 Å². The summed E-state index contributed by atoms with van der Waals surface area (Å²) in [5.74, 6) is 1.36. The predicted octanol–water partition coefficient (Wildman–Crippen LogP) is 10.1. The number of nitrogens with zero attached hydrogens (tertiary/aromatic N) is 14. The number of rotatable bonds is 14. The Morgan fingerprint density at radius 2 is 0.615 bits per heavy atom. The molecule has 0 saturated carbocycles. The molecule has 618 valence electrons. The van der Waals surface area contributed by atoms with Crippen LogP contribution in [-0.2, 0) is 14.1 Å². The van der Waals surface area contributed by atoms with Crippen LogP contribution in [0.1, 0.15) is 107 Å². The standard InChI is InChI=1S/C12H13ClN2O2S.C12H14N2O3S.2C12H14N2O2S.2C10H10N2O3S.C10H10N2O2S/c1-7(2)14-11(16)15(18-12(14)17)10-5-4-9(13)6-8(10)3;1-8(2)13-11(15)14(18-12(13)16)9-4-6-10(17-3)7-5-9;1-8(2)13-11(15)14(17-12(13)16)10-6-4-5-9(3)7-10;1-8(2)13-11(15)14(17-12(13)16)10-7-5-4-6-9(10)3;1-11-9(13)12(16-10(11)14)7-4-3-5-8(6-7)15-2;1-7-5-3-4-6-8(7)12-9(13)11(15-2)10(14)16-12;1-7-5-3-4-6-8(7)12-9(13)11(2)10(14)15-12/h4-7H,1-3H3;4-8H,1-3H3;2*4-8H,1-3H3;2*3-6H,1-2H3;3-6H,1-2H3. The minimum atomic E-state index is -0.480. The van der Waals surface area contributed by atoms with Gasteiger partial charge in [0.15, 0.2) is 0 Å². The van der Waals surface area contributed by atoms with Gasteiger partial charge >= 0.3 is 73.9 Å². The van der Waals surface area contributed by atoms with Crippen molar-refractivity contribution in [1.29, 1.82) is 0 Å². The summed E-state index contributed by atoms with van der Waals surface area (Å²) < 4.78 is 27.8. The number of methoxy groups -OCH3 is 2. The molecule has 0 amide bonds. The van der Waals surface area contributed by atoms with Crippen molar-refractivity contribution in [3.05, 3.63) is 338 Å². The maximum absolute atomic E-state index is 12.2. The fraction of sp³-hybridized carbons (Fsp3) is 0.282. The zero-order valence-electron chi connectivity index (χ0n) is 66.8. The van der Waals surface area contributed by atoms with E-state index in [0.717, 1.165) is 139 Å². The molecule has 0 bridgehead atoms. The van der Waals surface area contributed by atoms with Crippen molar-refractivity contribution in [1.82, 2.24) is 59.8 Å². The highest BCUT2D eigenvalue weighted by Crippen LogP contribution is 2.22. The summed E-state index contributed by atoms with van der Waals surface area (Å²) in [6.07, 6.45) is 0. The maximum Gasteiger partial charge on any atom is 0.379 e. The Hall–Kier alpha value is -11.7. The number of ether oxygens (including phenoxy) is 2. The van der Waals surface area contributed by atoms with E-state index in [1.165, 1.54) is 67.2 Å². The third kappa shape index (κ3) is 21.3. The molecule has 0 N–H and O–H groups in total. The zero-order valence-corrected chi connectivity index (χ0v) is 73.3. The number of aromatic nitrogens is 14. The number of aryl methyl sites for hydroxylation is 5. The average Bonchev–Trinajstić information content (AvgIpc) is 1.66. The van der Waals surface area contributed by atoms with Gasteiger partial charge in [0.25, 0.3) is 0 Å². The summed E-state index contributed by atoms with van der Waals surface area (Å²) in [5, 5.41) is 0.611. The fourth-order valence-electron chi connectivity index (χ4n) is 10.9. The Bertz CT molecular complexity index is 6760. The average molecular weight is 1750 g/mol. The Morgan fingerprint density at radius 3 is 0.966 bits per heavy atom. The first-order chi connectivity index (χ1) is 55.4. The highest BCUT2D eigenvalue weighted by molar-refractivity contribution is 7.05. The van der Waals surface area contributed by atoms with Gasteiger partial charge in [0.05, 0.1) is 54.0 Å². The van der Waals surface area contributed by atoms with E-state index in [2.05, 4.69) is 0 Å². The molecule has 31 nitrogen and oxygen atoms in total. The Morgan fingerprint density at radius 1 is 0.291 bits per heavy atom. The van der Waals surface area contributed by atoms with Gasteiger partial charge < -0.3 is 14.3 Å². The fourth-order valence-corrected chi connectivity index (χ4v) is 17.4. The molecule has 0 aliphatic carbocycles. The highest BCUT2D eigenvalue weighted by atomic mass is 35.5. The van der Waals surface area contributed by atoms with Gasteiger partial charge in [0.1, 0.15) is 18.6 Å². The summed E-state index contributed by atoms with van der Waals surface area (Å²) in [6.45, 7) is 24.1. The summed E-state index contributed by atoms with van der Waals surface area (Å²) in [4.78, 5) is 167. The largest absolute Gasteiger partial charge is 0.497 e. The molecule has 14 aromatic rings. The lowest BCUT2D eigenvalue weighted by molar-refractivity contribution is 0.150. The van der Waals surface area contributed by atoms with Crippen molar-refractivity contribution in [3.63, 3.8) is 0 Å². The molecule has 0 atom stereocenters. The van der Waals surface area contributed by atoms with E-state index in [1.807, 2.05) is 181 Å². The molecule has 7 aromatic heterocycles. The van der Waals surface area contributed by atoms with E-state index in [1.54, 1.807) is 87.0 Å². The minimum absolute atomic E-state index is 0.114. The quantitative estimate of drug-likeness (QED) is 0.0976. The zero-order chi connectivity index (χ0) is 86.3. The van der Waals surface area contributed by atoms with Gasteiger partial charge in [0.2, 0.25) is 0 Å². The molecule has 0 unspecified atom stereocenters. The number of hydrogen-bond donors (Lipinski definition) is 0. The SMILES string of the molecule is COc1ccc(-n2sc(=O)n(C(C)C)c2=O)cc1.COc1cccc(-n2sc(=O)n(C)c2=O)c1.COn1c(=O)sn(-c2ccccc2C)c1=O.Cc1cc(Cl)ccc1-n1sc(=O)n(C(C)C)c1=O.Cc1cccc(-n2sc(=O)n(C(C)C)c2=O)c1.Cc1ccccc1-n1sc(=O)n(C(C)C)c1=O.Cc1ccccc1-n1sc(=O)n(C)c1=O. The summed E-state index contributed by atoms with van der Waals surface area (Å²) >= 11 is 12.2. The monoisotopic (exact) mass is 1750 g/mol. The Labute approximate surface area is 700 Å². The van der Waals surface area contributed by atoms with Gasteiger partial charge in [-0.05, 0) is 203 Å². The van der Waals surface area contributed by atoms with Crippen LogP contribution in [0.4, 0.5) is 0 Å². The number of halogens is 1. The van der Waals surface area contributed by atoms with Crippen molar-refractivity contribution >= 4 is 92.3 Å². The van der Waals surface area contributed by atoms with E-state index < -0.39 is 10.6 Å². The molecular weight excluding hydrogens is 1660 g/mol. The summed E-state index contributed by atoms with van der Waals surface area (Å²) in [7, 11) is 7.36. The van der Waals surface area contributed by atoms with Crippen molar-refractivity contribution in [3.8, 4) is 51.3 Å². The van der Waals surface area contributed by atoms with E-state index in [4.69, 9.17) is 25.9 Å². The van der Waals surface area contributed by atoms with Gasteiger partial charge in [-0.3, -0.25) is 42.7 Å². The van der Waals surface area contributed by atoms with Gasteiger partial charge in [-0.25, -0.2) is 79.5 Å². The smallest absolute Gasteiger partial charge is 0.379 e. The van der Waals surface area contributed by atoms with E-state index in [9.17, 15) is 67.1 Å². The van der Waals surface area contributed by atoms with Crippen molar-refractivity contribution in [2.24, 2.45) is 14.1 Å². The van der Waals surface area contributed by atoms with Crippen LogP contribution in [0.5, 0.6) is 11.5 Å². The van der Waals surface area contributed by atoms with Crippen LogP contribution in [0, 0.1) is 34.6 Å². The van der Waals surface area contributed by atoms with Crippen LogP contribution in [-0.4, -0.2) is 81.2 Å².